The van der Waals surface area contributed by atoms with Crippen molar-refractivity contribution in [3.05, 3.63) is 84.9 Å². The number of benzene rings is 2. The summed E-state index contributed by atoms with van der Waals surface area (Å²) in [6, 6.07) is 29.3. The molecule has 0 amide bonds. The summed E-state index contributed by atoms with van der Waals surface area (Å²) in [4.78, 5) is 0. The van der Waals surface area contributed by atoms with Gasteiger partial charge in [-0.2, -0.15) is 35.0 Å². The van der Waals surface area contributed by atoms with E-state index in [1.54, 1.807) is 0 Å². The minimum Gasteiger partial charge on any atom is -0.168 e. The molecule has 0 spiro atoms. The van der Waals surface area contributed by atoms with Gasteiger partial charge in [-0.1, -0.05) is 12.1 Å². The molecular formula is C20H20Cl2HfSi-2. The molecule has 4 aromatic carbocycles. The van der Waals surface area contributed by atoms with Crippen molar-refractivity contribution in [2.45, 2.75) is 13.1 Å². The first-order valence-corrected chi connectivity index (χ1v) is 12.5. The van der Waals surface area contributed by atoms with Gasteiger partial charge in [0.05, 0.1) is 0 Å². The molecule has 0 saturated heterocycles. The molecule has 0 N–H and O–H groups in total. The van der Waals surface area contributed by atoms with Crippen LogP contribution in [0, 0.1) is 0 Å². The number of hydrogen-bond donors (Lipinski definition) is 0. The van der Waals surface area contributed by atoms with E-state index in [0.717, 1.165) is 0 Å². The Balaban J connectivity index is 0.000000185. The van der Waals surface area contributed by atoms with Gasteiger partial charge in [0, 0.05) is 25.8 Å². The Morgan fingerprint density at radius 2 is 1.00 bits per heavy atom. The molecule has 24 heavy (non-hydrogen) atoms. The molecule has 0 aliphatic carbocycles. The van der Waals surface area contributed by atoms with Gasteiger partial charge in [0.2, 0.25) is 6.69 Å². The topological polar surface area (TPSA) is 0 Å². The van der Waals surface area contributed by atoms with E-state index in [4.69, 9.17) is 22.2 Å². The van der Waals surface area contributed by atoms with Gasteiger partial charge in [0.25, 0.3) is 0 Å². The fourth-order valence-corrected chi connectivity index (χ4v) is 2.14. The third kappa shape index (κ3) is 7.93. The summed E-state index contributed by atoms with van der Waals surface area (Å²) in [6.07, 6.45) is 0. The van der Waals surface area contributed by atoms with Crippen LogP contribution >= 0.6 is 22.2 Å². The normalized spacial score (nSPS) is 10.2. The van der Waals surface area contributed by atoms with Crippen LogP contribution in [0.4, 0.5) is 0 Å². The molecule has 0 radical (unpaired) electrons. The molecule has 0 unspecified atom stereocenters. The maximum atomic E-state index is 5.43. The first-order valence-electron chi connectivity index (χ1n) is 7.52. The van der Waals surface area contributed by atoms with E-state index in [2.05, 4.69) is 84.9 Å². The molecule has 0 atom stereocenters. The van der Waals surface area contributed by atoms with Crippen LogP contribution in [0.15, 0.2) is 84.9 Å². The van der Waals surface area contributed by atoms with Gasteiger partial charge in [-0.15, -0.1) is 81.5 Å². The maximum Gasteiger partial charge on any atom is 0.245 e. The smallest absolute Gasteiger partial charge is 0.168 e. The Labute approximate surface area is 173 Å². The first-order chi connectivity index (χ1) is 10.9. The Morgan fingerprint density at radius 3 is 1.33 bits per heavy atom. The molecule has 0 heterocycles. The van der Waals surface area contributed by atoms with Gasteiger partial charge < -0.3 is 0 Å². The second kappa shape index (κ2) is 10.3. The Hall–Kier alpha value is -0.673. The number of halogens is 2. The first kappa shape index (κ1) is 21.4. The van der Waals surface area contributed by atoms with Gasteiger partial charge in [-0.05, 0) is 13.1 Å². The SMILES string of the molecule is C[Si](C)(Cl)Cl.[Hf].c1ccc2[cH-]ccc2c1.c1ccc2[cH-]ccc2c1. The molecule has 4 heteroatoms. The molecule has 0 saturated carbocycles. The van der Waals surface area contributed by atoms with Crippen LogP contribution in [0.1, 0.15) is 0 Å². The Bertz CT molecular complexity index is 711. The van der Waals surface area contributed by atoms with Crippen molar-refractivity contribution in [3.63, 3.8) is 0 Å². The van der Waals surface area contributed by atoms with Crippen LogP contribution in [0.3, 0.4) is 0 Å². The van der Waals surface area contributed by atoms with Crippen LogP contribution in [0.5, 0.6) is 0 Å². The van der Waals surface area contributed by atoms with Crippen LogP contribution in [-0.2, 0) is 25.8 Å². The quantitative estimate of drug-likeness (QED) is 0.126. The van der Waals surface area contributed by atoms with Gasteiger partial charge in [0.1, 0.15) is 0 Å². The van der Waals surface area contributed by atoms with Crippen LogP contribution < -0.4 is 0 Å². The summed E-state index contributed by atoms with van der Waals surface area (Å²) in [6.45, 7) is 2.05. The van der Waals surface area contributed by atoms with Crippen molar-refractivity contribution in [3.8, 4) is 0 Å². The largest absolute Gasteiger partial charge is 0.245 e. The fourth-order valence-electron chi connectivity index (χ4n) is 2.14. The van der Waals surface area contributed by atoms with Crippen LogP contribution in [-0.4, -0.2) is 6.69 Å². The Kier molecular flexibility index (Phi) is 9.21. The number of fused-ring (bicyclic) bond motifs is 2. The van der Waals surface area contributed by atoms with Gasteiger partial charge >= 0.3 is 0 Å². The van der Waals surface area contributed by atoms with Gasteiger partial charge in [-0.3, -0.25) is 0 Å². The van der Waals surface area contributed by atoms with Crippen molar-refractivity contribution < 1.29 is 25.8 Å². The molecule has 124 valence electrons. The van der Waals surface area contributed by atoms with Crippen LogP contribution in [0.2, 0.25) is 13.1 Å². The van der Waals surface area contributed by atoms with Crippen LogP contribution in [0.25, 0.3) is 21.5 Å². The minimum absolute atomic E-state index is 0. The zero-order valence-corrected chi connectivity index (χ0v) is 19.9. The third-order valence-corrected chi connectivity index (χ3v) is 3.10. The summed E-state index contributed by atoms with van der Waals surface area (Å²) in [5.41, 5.74) is 0. The summed E-state index contributed by atoms with van der Waals surface area (Å²) >= 11 is 10.9. The molecule has 4 aromatic rings. The summed E-state index contributed by atoms with van der Waals surface area (Å²) < 4.78 is 0. The third-order valence-electron chi connectivity index (χ3n) is 3.10. The van der Waals surface area contributed by atoms with Gasteiger partial charge in [-0.25, -0.2) is 0 Å². The zero-order valence-electron chi connectivity index (χ0n) is 13.8. The predicted octanol–water partition coefficient (Wildman–Crippen LogP) is 7.28. The molecule has 0 aromatic heterocycles. The maximum absolute atomic E-state index is 5.43. The average Bonchev–Trinajstić information content (AvgIpc) is 3.15. The molecule has 0 bridgehead atoms. The van der Waals surface area contributed by atoms with E-state index in [-0.39, 0.29) is 25.8 Å². The van der Waals surface area contributed by atoms with Crippen molar-refractivity contribution in [1.82, 2.24) is 0 Å². The van der Waals surface area contributed by atoms with E-state index in [9.17, 15) is 0 Å². The van der Waals surface area contributed by atoms with Gasteiger partial charge in [0.15, 0.2) is 0 Å². The molecule has 0 aliphatic heterocycles. The van der Waals surface area contributed by atoms with Crippen molar-refractivity contribution in [2.75, 3.05) is 0 Å². The molecule has 0 fully saturated rings. The van der Waals surface area contributed by atoms with Crippen molar-refractivity contribution in [1.29, 1.82) is 0 Å². The monoisotopic (exact) mass is 538 g/mol. The molecule has 0 nitrogen and oxygen atoms in total. The average molecular weight is 538 g/mol. The predicted molar refractivity (Wildman–Crippen MR) is 108 cm³/mol. The van der Waals surface area contributed by atoms with Crippen molar-refractivity contribution in [2.24, 2.45) is 0 Å². The fraction of sp³-hybridized carbons (Fsp3) is 0.100. The standard InChI is InChI=1S/2C9H7.C2H6Cl2Si.Hf/c2*1-2-5-9-7-3-6-8(9)4-1;1-5(2,3)4;/h2*1-7H;1-2H3;/q2*-1;;. The summed E-state index contributed by atoms with van der Waals surface area (Å²) in [5, 5.41) is 5.32. The molecular weight excluding hydrogens is 518 g/mol. The Morgan fingerprint density at radius 1 is 0.667 bits per heavy atom. The van der Waals surface area contributed by atoms with E-state index in [1.165, 1.54) is 21.5 Å². The van der Waals surface area contributed by atoms with E-state index in [0.29, 0.717) is 0 Å². The van der Waals surface area contributed by atoms with Crippen molar-refractivity contribution >= 4 is 50.4 Å². The minimum atomic E-state index is -1.67. The molecule has 0 aliphatic rings. The van der Waals surface area contributed by atoms with E-state index >= 15 is 0 Å². The molecule has 4 rings (SSSR count). The number of rotatable bonds is 0. The number of hydrogen-bond acceptors (Lipinski definition) is 0. The second-order valence-electron chi connectivity index (χ2n) is 5.64. The van der Waals surface area contributed by atoms with E-state index in [1.807, 2.05) is 13.1 Å². The zero-order chi connectivity index (χ0) is 16.7. The summed E-state index contributed by atoms with van der Waals surface area (Å²) in [5.74, 6) is 0. The van der Waals surface area contributed by atoms with E-state index < -0.39 is 6.69 Å². The second-order valence-corrected chi connectivity index (χ2v) is 14.5. The summed E-state index contributed by atoms with van der Waals surface area (Å²) in [7, 11) is 0.